The molecule has 1 aromatic carbocycles. The maximum atomic E-state index is 12.0. The Kier molecular flexibility index (Phi) is 4.12. The van der Waals surface area contributed by atoms with E-state index in [1.54, 1.807) is 7.11 Å². The Labute approximate surface area is 101 Å². The average molecular weight is 235 g/mol. The van der Waals surface area contributed by atoms with Gasteiger partial charge in [0.15, 0.2) is 5.78 Å². The topological polar surface area (TPSA) is 38.8 Å². The summed E-state index contributed by atoms with van der Waals surface area (Å²) in [4.78, 5) is 14.1. The molecule has 0 saturated carbocycles. The van der Waals surface area contributed by atoms with Gasteiger partial charge in [0.2, 0.25) is 0 Å². The fourth-order valence-corrected chi connectivity index (χ4v) is 1.83. The zero-order valence-electron chi connectivity index (χ0n) is 10.0. The summed E-state index contributed by atoms with van der Waals surface area (Å²) < 4.78 is 10.3. The number of methoxy groups -OCH3 is 1. The number of carbonyl (C=O) groups is 1. The number of nitrogens with zero attached hydrogens (tertiary/aromatic N) is 1. The Balaban J connectivity index is 1.93. The van der Waals surface area contributed by atoms with Crippen LogP contribution in [0.3, 0.4) is 0 Å². The van der Waals surface area contributed by atoms with Gasteiger partial charge in [-0.1, -0.05) is 0 Å². The molecule has 1 aliphatic heterocycles. The van der Waals surface area contributed by atoms with Crippen LogP contribution < -0.4 is 4.74 Å². The van der Waals surface area contributed by atoms with E-state index in [0.29, 0.717) is 6.54 Å². The van der Waals surface area contributed by atoms with Crippen molar-refractivity contribution in [3.8, 4) is 5.75 Å². The van der Waals surface area contributed by atoms with Gasteiger partial charge in [-0.15, -0.1) is 0 Å². The number of morpholine rings is 1. The van der Waals surface area contributed by atoms with Crippen molar-refractivity contribution in [2.45, 2.75) is 0 Å². The molecule has 0 amide bonds. The van der Waals surface area contributed by atoms with Gasteiger partial charge in [-0.05, 0) is 24.3 Å². The van der Waals surface area contributed by atoms with Crippen LogP contribution >= 0.6 is 0 Å². The van der Waals surface area contributed by atoms with Crippen LogP contribution in [0.25, 0.3) is 0 Å². The third-order valence-electron chi connectivity index (χ3n) is 2.88. The molecule has 92 valence electrons. The molecule has 4 nitrogen and oxygen atoms in total. The summed E-state index contributed by atoms with van der Waals surface area (Å²) in [6, 6.07) is 7.24. The van der Waals surface area contributed by atoms with E-state index in [1.807, 2.05) is 24.3 Å². The fourth-order valence-electron chi connectivity index (χ4n) is 1.83. The van der Waals surface area contributed by atoms with E-state index in [2.05, 4.69) is 4.90 Å². The van der Waals surface area contributed by atoms with E-state index in [0.717, 1.165) is 37.6 Å². The number of rotatable bonds is 4. The van der Waals surface area contributed by atoms with E-state index >= 15 is 0 Å². The summed E-state index contributed by atoms with van der Waals surface area (Å²) in [5, 5.41) is 0. The molecule has 0 aliphatic carbocycles. The molecule has 0 unspecified atom stereocenters. The van der Waals surface area contributed by atoms with E-state index in [4.69, 9.17) is 9.47 Å². The summed E-state index contributed by atoms with van der Waals surface area (Å²) in [6.07, 6.45) is 0. The van der Waals surface area contributed by atoms with Crippen molar-refractivity contribution in [2.75, 3.05) is 40.0 Å². The zero-order valence-corrected chi connectivity index (χ0v) is 10.0. The lowest BCUT2D eigenvalue weighted by Crippen LogP contribution is -2.39. The summed E-state index contributed by atoms with van der Waals surface area (Å²) in [5.41, 5.74) is 0.734. The van der Waals surface area contributed by atoms with Gasteiger partial charge < -0.3 is 9.47 Å². The van der Waals surface area contributed by atoms with Crippen molar-refractivity contribution in [3.05, 3.63) is 29.8 Å². The molecule has 0 radical (unpaired) electrons. The van der Waals surface area contributed by atoms with Crippen LogP contribution in [0.4, 0.5) is 0 Å². The van der Waals surface area contributed by atoms with Crippen molar-refractivity contribution < 1.29 is 14.3 Å². The van der Waals surface area contributed by atoms with E-state index in [1.165, 1.54) is 0 Å². The highest BCUT2D eigenvalue weighted by molar-refractivity contribution is 5.97. The molecule has 1 heterocycles. The molecule has 0 spiro atoms. The lowest BCUT2D eigenvalue weighted by molar-refractivity contribution is 0.0371. The van der Waals surface area contributed by atoms with Gasteiger partial charge in [-0.25, -0.2) is 0 Å². The second kappa shape index (κ2) is 5.80. The molecule has 1 fully saturated rings. The maximum absolute atomic E-state index is 12.0. The highest BCUT2D eigenvalue weighted by atomic mass is 16.5. The second-order valence-corrected chi connectivity index (χ2v) is 4.04. The van der Waals surface area contributed by atoms with Crippen LogP contribution in [-0.4, -0.2) is 50.6 Å². The molecule has 4 heteroatoms. The number of benzene rings is 1. The Hall–Kier alpha value is -1.39. The van der Waals surface area contributed by atoms with Gasteiger partial charge in [-0.3, -0.25) is 9.69 Å². The van der Waals surface area contributed by atoms with Crippen molar-refractivity contribution in [1.29, 1.82) is 0 Å². The van der Waals surface area contributed by atoms with Crippen LogP contribution in [0.1, 0.15) is 10.4 Å². The normalized spacial score (nSPS) is 16.8. The first-order valence-corrected chi connectivity index (χ1v) is 5.77. The minimum Gasteiger partial charge on any atom is -0.497 e. The first-order valence-electron chi connectivity index (χ1n) is 5.77. The molecule has 1 aromatic rings. The number of hydrogen-bond acceptors (Lipinski definition) is 4. The molecule has 17 heavy (non-hydrogen) atoms. The summed E-state index contributed by atoms with van der Waals surface area (Å²) in [7, 11) is 1.62. The van der Waals surface area contributed by atoms with Crippen molar-refractivity contribution in [1.82, 2.24) is 4.90 Å². The number of ether oxygens (including phenoxy) is 2. The summed E-state index contributed by atoms with van der Waals surface area (Å²) >= 11 is 0. The fraction of sp³-hybridized carbons (Fsp3) is 0.462. The summed E-state index contributed by atoms with van der Waals surface area (Å²) in [6.45, 7) is 3.57. The van der Waals surface area contributed by atoms with Crippen LogP contribution in [0.2, 0.25) is 0 Å². The molecule has 0 aromatic heterocycles. The van der Waals surface area contributed by atoms with E-state index in [9.17, 15) is 4.79 Å². The molecule has 0 bridgehead atoms. The third kappa shape index (κ3) is 3.28. The Morgan fingerprint density at radius 3 is 2.53 bits per heavy atom. The SMILES string of the molecule is COc1ccc(C(=O)CN2CCOCC2)cc1. The summed E-state index contributed by atoms with van der Waals surface area (Å²) in [5.74, 6) is 0.919. The van der Waals surface area contributed by atoms with Gasteiger partial charge in [0, 0.05) is 18.7 Å². The largest absolute Gasteiger partial charge is 0.497 e. The number of Topliss-reactive ketones (excluding diaryl/α,β-unsaturated/α-hetero) is 1. The third-order valence-corrected chi connectivity index (χ3v) is 2.88. The molecule has 1 saturated heterocycles. The Morgan fingerprint density at radius 1 is 1.29 bits per heavy atom. The second-order valence-electron chi connectivity index (χ2n) is 4.04. The molecule has 0 N–H and O–H groups in total. The molecule has 1 aliphatic rings. The number of ketones is 1. The highest BCUT2D eigenvalue weighted by Gasteiger charge is 2.15. The van der Waals surface area contributed by atoms with Gasteiger partial charge in [0.25, 0.3) is 0 Å². The van der Waals surface area contributed by atoms with Crippen LogP contribution in [-0.2, 0) is 4.74 Å². The van der Waals surface area contributed by atoms with Gasteiger partial charge in [-0.2, -0.15) is 0 Å². The quantitative estimate of drug-likeness (QED) is 0.735. The molecule has 2 rings (SSSR count). The van der Waals surface area contributed by atoms with Crippen LogP contribution in [0.15, 0.2) is 24.3 Å². The predicted molar refractivity (Wildman–Crippen MR) is 64.6 cm³/mol. The van der Waals surface area contributed by atoms with Gasteiger partial charge in [0.05, 0.1) is 26.9 Å². The average Bonchev–Trinajstić information content (AvgIpc) is 2.40. The minimum absolute atomic E-state index is 0.148. The van der Waals surface area contributed by atoms with Gasteiger partial charge >= 0.3 is 0 Å². The molecular weight excluding hydrogens is 218 g/mol. The smallest absolute Gasteiger partial charge is 0.176 e. The lowest BCUT2D eigenvalue weighted by Gasteiger charge is -2.25. The van der Waals surface area contributed by atoms with Crippen LogP contribution in [0.5, 0.6) is 5.75 Å². The number of carbonyl (C=O) groups excluding carboxylic acids is 1. The maximum Gasteiger partial charge on any atom is 0.176 e. The lowest BCUT2D eigenvalue weighted by atomic mass is 10.1. The van der Waals surface area contributed by atoms with Crippen molar-refractivity contribution in [2.24, 2.45) is 0 Å². The van der Waals surface area contributed by atoms with Crippen molar-refractivity contribution in [3.63, 3.8) is 0 Å². The van der Waals surface area contributed by atoms with E-state index in [-0.39, 0.29) is 5.78 Å². The highest BCUT2D eigenvalue weighted by Crippen LogP contribution is 2.12. The first-order chi connectivity index (χ1) is 8.29. The molecular formula is C13H17NO3. The minimum atomic E-state index is 0.148. The standard InChI is InChI=1S/C13H17NO3/c1-16-12-4-2-11(3-5-12)13(15)10-14-6-8-17-9-7-14/h2-5H,6-10H2,1H3. The zero-order chi connectivity index (χ0) is 12.1. The van der Waals surface area contributed by atoms with Crippen molar-refractivity contribution >= 4 is 5.78 Å². The predicted octanol–water partition coefficient (Wildman–Crippen LogP) is 1.21. The monoisotopic (exact) mass is 235 g/mol. The molecule has 0 atom stereocenters. The first kappa shape index (κ1) is 12.1. The van der Waals surface area contributed by atoms with Gasteiger partial charge in [0.1, 0.15) is 5.75 Å². The van der Waals surface area contributed by atoms with Crippen LogP contribution in [0, 0.1) is 0 Å². The Morgan fingerprint density at radius 2 is 1.94 bits per heavy atom. The van der Waals surface area contributed by atoms with E-state index < -0.39 is 0 Å². The Bertz CT molecular complexity index is 369. The number of hydrogen-bond donors (Lipinski definition) is 0.